The minimum atomic E-state index is -0.280. The van der Waals surface area contributed by atoms with Crippen LogP contribution in [-0.4, -0.2) is 57.7 Å². The minimum Gasteiger partial charge on any atom is -0.493 e. The molecule has 2 N–H and O–H groups in total. The summed E-state index contributed by atoms with van der Waals surface area (Å²) >= 11 is 0. The second kappa shape index (κ2) is 10.2. The van der Waals surface area contributed by atoms with Gasteiger partial charge in [0.2, 0.25) is 5.75 Å². The molecule has 1 amide bonds. The standard InChI is InChI=1S/C18H24N4O5/c1-24-9-5-8-19-18(23)13-6-7-16(22-21-13)20-12-10-14(25-2)17(27-4)15(11-12)26-3/h6-7,10-11H,5,8-9H2,1-4H3,(H,19,23)(H,20,22). The Kier molecular flexibility index (Phi) is 7.63. The van der Waals surface area contributed by atoms with Gasteiger partial charge in [0, 0.05) is 38.1 Å². The molecule has 1 heterocycles. The molecule has 0 unspecified atom stereocenters. The highest BCUT2D eigenvalue weighted by atomic mass is 16.5. The van der Waals surface area contributed by atoms with Crippen molar-refractivity contribution >= 4 is 17.4 Å². The zero-order valence-electron chi connectivity index (χ0n) is 15.9. The number of nitrogens with zero attached hydrogens (tertiary/aromatic N) is 2. The molecule has 0 bridgehead atoms. The SMILES string of the molecule is COCCCNC(=O)c1ccc(Nc2cc(OC)c(OC)c(OC)c2)nn1. The van der Waals surface area contributed by atoms with E-state index in [1.54, 1.807) is 45.6 Å². The lowest BCUT2D eigenvalue weighted by Crippen LogP contribution is -2.26. The van der Waals surface area contributed by atoms with E-state index in [-0.39, 0.29) is 11.6 Å². The Morgan fingerprint density at radius 1 is 1.00 bits per heavy atom. The van der Waals surface area contributed by atoms with Crippen molar-refractivity contribution in [2.24, 2.45) is 0 Å². The fourth-order valence-electron chi connectivity index (χ4n) is 2.33. The molecule has 2 rings (SSSR count). The molecule has 0 saturated carbocycles. The molecule has 27 heavy (non-hydrogen) atoms. The van der Waals surface area contributed by atoms with Gasteiger partial charge in [0.1, 0.15) is 0 Å². The van der Waals surface area contributed by atoms with Crippen LogP contribution in [0.5, 0.6) is 17.2 Å². The normalized spacial score (nSPS) is 10.2. The van der Waals surface area contributed by atoms with Crippen molar-refractivity contribution < 1.29 is 23.7 Å². The number of ether oxygens (including phenoxy) is 4. The van der Waals surface area contributed by atoms with Crippen LogP contribution in [0.15, 0.2) is 24.3 Å². The number of hydrogen-bond acceptors (Lipinski definition) is 8. The third-order valence-electron chi connectivity index (χ3n) is 3.65. The third kappa shape index (κ3) is 5.45. The van der Waals surface area contributed by atoms with Crippen molar-refractivity contribution in [3.8, 4) is 17.2 Å². The van der Waals surface area contributed by atoms with Gasteiger partial charge in [0.15, 0.2) is 23.0 Å². The van der Waals surface area contributed by atoms with Gasteiger partial charge in [-0.2, -0.15) is 0 Å². The fraction of sp³-hybridized carbons (Fsp3) is 0.389. The van der Waals surface area contributed by atoms with Crippen LogP contribution in [0, 0.1) is 0 Å². The van der Waals surface area contributed by atoms with Gasteiger partial charge in [-0.15, -0.1) is 10.2 Å². The lowest BCUT2D eigenvalue weighted by Gasteiger charge is -2.14. The van der Waals surface area contributed by atoms with Crippen molar-refractivity contribution in [2.45, 2.75) is 6.42 Å². The highest BCUT2D eigenvalue weighted by Gasteiger charge is 2.14. The van der Waals surface area contributed by atoms with Gasteiger partial charge in [0.25, 0.3) is 5.91 Å². The summed E-state index contributed by atoms with van der Waals surface area (Å²) in [5.74, 6) is 1.72. The van der Waals surface area contributed by atoms with Crippen LogP contribution in [-0.2, 0) is 4.74 Å². The van der Waals surface area contributed by atoms with E-state index in [2.05, 4.69) is 20.8 Å². The van der Waals surface area contributed by atoms with Crippen LogP contribution in [0.1, 0.15) is 16.9 Å². The summed E-state index contributed by atoms with van der Waals surface area (Å²) in [6.07, 6.45) is 0.733. The molecule has 9 heteroatoms. The number of rotatable bonds is 10. The van der Waals surface area contributed by atoms with E-state index in [0.717, 1.165) is 6.42 Å². The summed E-state index contributed by atoms with van der Waals surface area (Å²) in [6.45, 7) is 1.10. The number of anilines is 2. The number of nitrogens with one attached hydrogen (secondary N) is 2. The Labute approximate surface area is 158 Å². The number of carbonyl (C=O) groups excluding carboxylic acids is 1. The van der Waals surface area contributed by atoms with Crippen LogP contribution in [0.2, 0.25) is 0 Å². The number of methoxy groups -OCH3 is 4. The Morgan fingerprint density at radius 2 is 1.70 bits per heavy atom. The molecule has 1 aromatic heterocycles. The quantitative estimate of drug-likeness (QED) is 0.607. The molecule has 146 valence electrons. The number of amides is 1. The molecular formula is C18H24N4O5. The Morgan fingerprint density at radius 3 is 2.22 bits per heavy atom. The molecule has 0 aliphatic rings. The molecular weight excluding hydrogens is 352 g/mol. The monoisotopic (exact) mass is 376 g/mol. The Balaban J connectivity index is 2.07. The Bertz CT molecular complexity index is 727. The summed E-state index contributed by atoms with van der Waals surface area (Å²) in [6, 6.07) is 6.76. The predicted molar refractivity (Wildman–Crippen MR) is 100 cm³/mol. The number of carbonyl (C=O) groups is 1. The first-order valence-electron chi connectivity index (χ1n) is 8.30. The first kappa shape index (κ1) is 20.2. The zero-order valence-corrected chi connectivity index (χ0v) is 15.9. The highest BCUT2D eigenvalue weighted by Crippen LogP contribution is 2.40. The molecule has 0 spiro atoms. The molecule has 0 aliphatic carbocycles. The summed E-state index contributed by atoms with van der Waals surface area (Å²) in [5, 5.41) is 13.8. The van der Waals surface area contributed by atoms with Gasteiger partial charge < -0.3 is 29.6 Å². The molecule has 0 fully saturated rings. The maximum absolute atomic E-state index is 12.0. The van der Waals surface area contributed by atoms with Crippen molar-refractivity contribution in [1.29, 1.82) is 0 Å². The first-order chi connectivity index (χ1) is 13.1. The molecule has 0 saturated heterocycles. The lowest BCUT2D eigenvalue weighted by atomic mass is 10.2. The van der Waals surface area contributed by atoms with Crippen LogP contribution >= 0.6 is 0 Å². The Hall–Kier alpha value is -3.07. The van der Waals surface area contributed by atoms with E-state index in [0.29, 0.717) is 41.9 Å². The van der Waals surface area contributed by atoms with E-state index in [4.69, 9.17) is 18.9 Å². The molecule has 0 atom stereocenters. The average Bonchev–Trinajstić information content (AvgIpc) is 2.70. The molecule has 0 radical (unpaired) electrons. The lowest BCUT2D eigenvalue weighted by molar-refractivity contribution is 0.0942. The van der Waals surface area contributed by atoms with E-state index in [1.165, 1.54) is 7.11 Å². The van der Waals surface area contributed by atoms with Crippen molar-refractivity contribution in [3.05, 3.63) is 30.0 Å². The third-order valence-corrected chi connectivity index (χ3v) is 3.65. The van der Waals surface area contributed by atoms with E-state index < -0.39 is 0 Å². The van der Waals surface area contributed by atoms with Crippen LogP contribution in [0.25, 0.3) is 0 Å². The van der Waals surface area contributed by atoms with Gasteiger partial charge >= 0.3 is 0 Å². The number of hydrogen-bond donors (Lipinski definition) is 2. The second-order valence-corrected chi connectivity index (χ2v) is 5.45. The summed E-state index contributed by atoms with van der Waals surface area (Å²) < 4.78 is 20.9. The number of benzene rings is 1. The van der Waals surface area contributed by atoms with Crippen LogP contribution in [0.3, 0.4) is 0 Å². The second-order valence-electron chi connectivity index (χ2n) is 5.45. The summed E-state index contributed by atoms with van der Waals surface area (Å²) in [5.41, 5.74) is 0.915. The smallest absolute Gasteiger partial charge is 0.271 e. The largest absolute Gasteiger partial charge is 0.493 e. The van der Waals surface area contributed by atoms with Gasteiger partial charge in [-0.1, -0.05) is 0 Å². The molecule has 0 aliphatic heterocycles. The van der Waals surface area contributed by atoms with Crippen LogP contribution in [0.4, 0.5) is 11.5 Å². The maximum Gasteiger partial charge on any atom is 0.271 e. The average molecular weight is 376 g/mol. The van der Waals surface area contributed by atoms with Gasteiger partial charge in [-0.05, 0) is 18.6 Å². The fourth-order valence-corrected chi connectivity index (χ4v) is 2.33. The van der Waals surface area contributed by atoms with Gasteiger partial charge in [-0.25, -0.2) is 0 Å². The van der Waals surface area contributed by atoms with Crippen molar-refractivity contribution in [2.75, 3.05) is 46.9 Å². The molecule has 9 nitrogen and oxygen atoms in total. The topological polar surface area (TPSA) is 104 Å². The van der Waals surface area contributed by atoms with Gasteiger partial charge in [-0.3, -0.25) is 4.79 Å². The van der Waals surface area contributed by atoms with E-state index in [1.807, 2.05) is 0 Å². The zero-order chi connectivity index (χ0) is 19.6. The van der Waals surface area contributed by atoms with E-state index >= 15 is 0 Å². The first-order valence-corrected chi connectivity index (χ1v) is 8.30. The highest BCUT2D eigenvalue weighted by molar-refractivity contribution is 5.92. The van der Waals surface area contributed by atoms with Crippen LogP contribution < -0.4 is 24.8 Å². The molecule has 2 aromatic rings. The maximum atomic E-state index is 12.0. The van der Waals surface area contributed by atoms with E-state index in [9.17, 15) is 4.79 Å². The summed E-state index contributed by atoms with van der Waals surface area (Å²) in [7, 11) is 6.24. The van der Waals surface area contributed by atoms with Crippen molar-refractivity contribution in [1.82, 2.24) is 15.5 Å². The van der Waals surface area contributed by atoms with Crippen molar-refractivity contribution in [3.63, 3.8) is 0 Å². The van der Waals surface area contributed by atoms with Gasteiger partial charge in [0.05, 0.1) is 21.3 Å². The molecule has 1 aromatic carbocycles. The minimum absolute atomic E-state index is 0.239. The summed E-state index contributed by atoms with van der Waals surface area (Å²) in [4.78, 5) is 12.0. The number of aromatic nitrogens is 2. The predicted octanol–water partition coefficient (Wildman–Crippen LogP) is 2.01.